The summed E-state index contributed by atoms with van der Waals surface area (Å²) in [5.74, 6) is 2.74. The third kappa shape index (κ3) is 6.16. The Balaban J connectivity index is 1.09. The summed E-state index contributed by atoms with van der Waals surface area (Å²) < 4.78 is 17.3. The molecule has 0 radical (unpaired) electrons. The van der Waals surface area contributed by atoms with E-state index >= 15 is 0 Å². The number of aliphatic imine (C=N–C) groups is 1. The standard InChI is InChI=1S/C26H35N3O3/c1-27-25(29-16-13-26(20-29)14-18-30-21-26)28-15-5-6-17-31-23-9-11-24(12-10-23)32-19-22-7-3-2-4-8-22/h2-4,7-12H,5-6,13-21H2,1H3,(H,27,28). The van der Waals surface area contributed by atoms with Gasteiger partial charge in [0.25, 0.3) is 0 Å². The molecular weight excluding hydrogens is 402 g/mol. The van der Waals surface area contributed by atoms with Gasteiger partial charge in [0.05, 0.1) is 13.2 Å². The van der Waals surface area contributed by atoms with E-state index in [0.717, 1.165) is 68.7 Å². The van der Waals surface area contributed by atoms with Crippen molar-refractivity contribution < 1.29 is 14.2 Å². The molecule has 2 aliphatic heterocycles. The van der Waals surface area contributed by atoms with E-state index in [1.165, 1.54) is 12.8 Å². The lowest BCUT2D eigenvalue weighted by molar-refractivity contribution is 0.156. The van der Waals surface area contributed by atoms with Crippen LogP contribution in [0.1, 0.15) is 31.2 Å². The molecule has 2 aromatic rings. The molecule has 6 heteroatoms. The number of hydrogen-bond acceptors (Lipinski definition) is 4. The SMILES string of the molecule is CN=C(NCCCCOc1ccc(OCc2ccccc2)cc1)N1CCC2(CCOC2)C1. The number of benzene rings is 2. The first-order chi connectivity index (χ1) is 15.8. The van der Waals surface area contributed by atoms with Gasteiger partial charge < -0.3 is 24.4 Å². The third-order valence-electron chi connectivity index (χ3n) is 6.33. The molecule has 0 aliphatic carbocycles. The lowest BCUT2D eigenvalue weighted by Crippen LogP contribution is -2.41. The topological polar surface area (TPSA) is 55.3 Å². The van der Waals surface area contributed by atoms with Gasteiger partial charge >= 0.3 is 0 Å². The summed E-state index contributed by atoms with van der Waals surface area (Å²) in [4.78, 5) is 6.86. The minimum absolute atomic E-state index is 0.355. The average Bonchev–Trinajstić information content (AvgIpc) is 3.48. The Labute approximate surface area is 191 Å². The zero-order valence-corrected chi connectivity index (χ0v) is 19.1. The maximum absolute atomic E-state index is 5.88. The largest absolute Gasteiger partial charge is 0.494 e. The second-order valence-corrected chi connectivity index (χ2v) is 8.75. The molecule has 2 saturated heterocycles. The van der Waals surface area contributed by atoms with Gasteiger partial charge in [-0.15, -0.1) is 0 Å². The zero-order valence-electron chi connectivity index (χ0n) is 19.1. The van der Waals surface area contributed by atoms with Crippen molar-refractivity contribution in [2.24, 2.45) is 10.4 Å². The molecule has 0 amide bonds. The number of hydrogen-bond donors (Lipinski definition) is 1. The van der Waals surface area contributed by atoms with Crippen LogP contribution in [0.3, 0.4) is 0 Å². The van der Waals surface area contributed by atoms with Gasteiger partial charge in [-0.05, 0) is 55.5 Å². The smallest absolute Gasteiger partial charge is 0.193 e. The molecule has 1 N–H and O–H groups in total. The minimum atomic E-state index is 0.355. The lowest BCUT2D eigenvalue weighted by Gasteiger charge is -2.24. The van der Waals surface area contributed by atoms with Gasteiger partial charge in [-0.2, -0.15) is 0 Å². The highest BCUT2D eigenvalue weighted by atomic mass is 16.5. The van der Waals surface area contributed by atoms with E-state index in [0.29, 0.717) is 18.6 Å². The monoisotopic (exact) mass is 437 g/mol. The number of rotatable bonds is 9. The maximum Gasteiger partial charge on any atom is 0.193 e. The number of nitrogens with one attached hydrogen (secondary N) is 1. The summed E-state index contributed by atoms with van der Waals surface area (Å²) in [6, 6.07) is 18.0. The lowest BCUT2D eigenvalue weighted by atomic mass is 9.87. The Kier molecular flexibility index (Phi) is 7.88. The molecule has 1 atom stereocenters. The first-order valence-electron chi connectivity index (χ1n) is 11.7. The first-order valence-corrected chi connectivity index (χ1v) is 11.7. The molecule has 2 aliphatic rings. The number of ether oxygens (including phenoxy) is 3. The van der Waals surface area contributed by atoms with Gasteiger partial charge in [0.2, 0.25) is 0 Å². The van der Waals surface area contributed by atoms with Crippen molar-refractivity contribution in [2.75, 3.05) is 46.5 Å². The van der Waals surface area contributed by atoms with Crippen molar-refractivity contribution in [3.63, 3.8) is 0 Å². The molecular formula is C26H35N3O3. The van der Waals surface area contributed by atoms with Crippen molar-refractivity contribution in [3.8, 4) is 11.5 Å². The fourth-order valence-corrected chi connectivity index (χ4v) is 4.41. The van der Waals surface area contributed by atoms with Crippen LogP contribution >= 0.6 is 0 Å². The quantitative estimate of drug-likeness (QED) is 0.363. The van der Waals surface area contributed by atoms with Gasteiger partial charge in [-0.25, -0.2) is 0 Å². The number of guanidine groups is 1. The Hall–Kier alpha value is -2.73. The molecule has 2 fully saturated rings. The molecule has 172 valence electrons. The van der Waals surface area contributed by atoms with E-state index < -0.39 is 0 Å². The summed E-state index contributed by atoms with van der Waals surface area (Å²) in [6.07, 6.45) is 4.42. The maximum atomic E-state index is 5.88. The minimum Gasteiger partial charge on any atom is -0.494 e. The van der Waals surface area contributed by atoms with E-state index in [-0.39, 0.29) is 0 Å². The van der Waals surface area contributed by atoms with Crippen molar-refractivity contribution in [3.05, 3.63) is 60.2 Å². The van der Waals surface area contributed by atoms with Crippen LogP contribution in [0.5, 0.6) is 11.5 Å². The molecule has 2 aromatic carbocycles. The Morgan fingerprint density at radius 3 is 2.53 bits per heavy atom. The van der Waals surface area contributed by atoms with E-state index in [2.05, 4.69) is 27.3 Å². The Morgan fingerprint density at radius 2 is 1.81 bits per heavy atom. The second kappa shape index (κ2) is 11.2. The summed E-state index contributed by atoms with van der Waals surface area (Å²) in [5, 5.41) is 3.51. The number of likely N-dealkylation sites (tertiary alicyclic amines) is 1. The van der Waals surface area contributed by atoms with Crippen molar-refractivity contribution in [2.45, 2.75) is 32.3 Å². The van der Waals surface area contributed by atoms with E-state index in [4.69, 9.17) is 14.2 Å². The van der Waals surface area contributed by atoms with Crippen LogP contribution in [0.2, 0.25) is 0 Å². The molecule has 0 saturated carbocycles. The van der Waals surface area contributed by atoms with Gasteiger partial charge in [0.1, 0.15) is 18.1 Å². The highest BCUT2D eigenvalue weighted by Gasteiger charge is 2.42. The van der Waals surface area contributed by atoms with E-state index in [1.807, 2.05) is 49.5 Å². The van der Waals surface area contributed by atoms with Crippen molar-refractivity contribution in [1.82, 2.24) is 10.2 Å². The summed E-state index contributed by atoms with van der Waals surface area (Å²) in [5.41, 5.74) is 1.52. The van der Waals surface area contributed by atoms with Gasteiger partial charge in [0.15, 0.2) is 5.96 Å². The fraction of sp³-hybridized carbons (Fsp3) is 0.500. The van der Waals surface area contributed by atoms with Crippen LogP contribution in [0.4, 0.5) is 0 Å². The molecule has 0 aromatic heterocycles. The molecule has 1 unspecified atom stereocenters. The van der Waals surface area contributed by atoms with Gasteiger partial charge in [-0.1, -0.05) is 30.3 Å². The van der Waals surface area contributed by atoms with Crippen LogP contribution in [0, 0.1) is 5.41 Å². The Bertz CT molecular complexity index is 848. The number of nitrogens with zero attached hydrogens (tertiary/aromatic N) is 2. The van der Waals surface area contributed by atoms with Gasteiger partial charge in [-0.3, -0.25) is 4.99 Å². The van der Waals surface area contributed by atoms with E-state index in [9.17, 15) is 0 Å². The molecule has 6 nitrogen and oxygen atoms in total. The van der Waals surface area contributed by atoms with Crippen LogP contribution in [-0.2, 0) is 11.3 Å². The molecule has 2 heterocycles. The summed E-state index contributed by atoms with van der Waals surface area (Å²) >= 11 is 0. The second-order valence-electron chi connectivity index (χ2n) is 8.75. The highest BCUT2D eigenvalue weighted by Crippen LogP contribution is 2.38. The van der Waals surface area contributed by atoms with Crippen molar-refractivity contribution in [1.29, 1.82) is 0 Å². The van der Waals surface area contributed by atoms with E-state index in [1.54, 1.807) is 0 Å². The fourth-order valence-electron chi connectivity index (χ4n) is 4.41. The predicted octanol–water partition coefficient (Wildman–Crippen LogP) is 4.11. The summed E-state index contributed by atoms with van der Waals surface area (Å²) in [7, 11) is 1.87. The van der Waals surface area contributed by atoms with Crippen molar-refractivity contribution >= 4 is 5.96 Å². The molecule has 4 rings (SSSR count). The first kappa shape index (κ1) is 22.5. The average molecular weight is 438 g/mol. The van der Waals surface area contributed by atoms with Gasteiger partial charge in [0, 0.05) is 38.7 Å². The predicted molar refractivity (Wildman–Crippen MR) is 127 cm³/mol. The zero-order chi connectivity index (χ0) is 22.1. The van der Waals surface area contributed by atoms with Crippen LogP contribution in [0.15, 0.2) is 59.6 Å². The van der Waals surface area contributed by atoms with Crippen LogP contribution in [-0.4, -0.2) is 57.4 Å². The van der Waals surface area contributed by atoms with Crippen LogP contribution < -0.4 is 14.8 Å². The molecule has 32 heavy (non-hydrogen) atoms. The van der Waals surface area contributed by atoms with Crippen LogP contribution in [0.25, 0.3) is 0 Å². The third-order valence-corrected chi connectivity index (χ3v) is 6.33. The highest BCUT2D eigenvalue weighted by molar-refractivity contribution is 5.80. The Morgan fingerprint density at radius 1 is 1.03 bits per heavy atom. The number of unbranched alkanes of at least 4 members (excludes halogenated alkanes) is 1. The molecule has 0 bridgehead atoms. The molecule has 1 spiro atoms. The normalized spacial score (nSPS) is 20.7. The summed E-state index contributed by atoms with van der Waals surface area (Å²) in [6.45, 7) is 6.11.